The molecule has 8 heteroatoms. The van der Waals surface area contributed by atoms with E-state index in [9.17, 15) is 4.79 Å². The smallest absolute Gasteiger partial charge is 0.227 e. The molecule has 5 nitrogen and oxygen atoms in total. The van der Waals surface area contributed by atoms with Crippen LogP contribution in [0.1, 0.15) is 44.4 Å². The highest BCUT2D eigenvalue weighted by molar-refractivity contribution is 7.15. The molecule has 1 amide bonds. The fourth-order valence-electron chi connectivity index (χ4n) is 3.71. The maximum atomic E-state index is 12.9. The number of nitrogens with zero attached hydrogens (tertiary/aromatic N) is 3. The Labute approximate surface area is 167 Å². The Morgan fingerprint density at radius 2 is 2.00 bits per heavy atom. The molecule has 1 aliphatic carbocycles. The molecule has 2 unspecified atom stereocenters. The molecule has 0 aromatic carbocycles. The zero-order valence-electron chi connectivity index (χ0n) is 15.1. The predicted molar refractivity (Wildman–Crippen MR) is 109 cm³/mol. The molecular weight excluding hydrogens is 379 g/mol. The highest BCUT2D eigenvalue weighted by Gasteiger charge is 2.40. The van der Waals surface area contributed by atoms with Crippen molar-refractivity contribution in [3.63, 3.8) is 0 Å². The molecule has 2 heterocycles. The van der Waals surface area contributed by atoms with Gasteiger partial charge in [0.2, 0.25) is 5.91 Å². The van der Waals surface area contributed by atoms with E-state index in [0.717, 1.165) is 63.4 Å². The number of nitrogens with two attached hydrogens (primary N) is 1. The maximum absolute atomic E-state index is 12.9. The van der Waals surface area contributed by atoms with E-state index in [0.29, 0.717) is 0 Å². The molecule has 1 aromatic heterocycles. The van der Waals surface area contributed by atoms with Gasteiger partial charge in [-0.2, -0.15) is 0 Å². The van der Waals surface area contributed by atoms with Gasteiger partial charge in [0.25, 0.3) is 0 Å². The van der Waals surface area contributed by atoms with E-state index in [1.807, 2.05) is 18.0 Å². The summed E-state index contributed by atoms with van der Waals surface area (Å²) >= 11 is 1.77. The first-order valence-corrected chi connectivity index (χ1v) is 9.60. The monoisotopic (exact) mass is 408 g/mol. The molecular formula is C17H30Cl2N4OS. The van der Waals surface area contributed by atoms with Crippen molar-refractivity contribution in [3.05, 3.63) is 11.1 Å². The Hall–Kier alpha value is -0.560. The van der Waals surface area contributed by atoms with Crippen molar-refractivity contribution >= 4 is 47.2 Å². The molecule has 0 bridgehead atoms. The molecule has 3 rings (SSSR count). The number of piperazine rings is 1. The normalized spacial score (nSPS) is 26.6. The molecule has 1 saturated carbocycles. The SMILES string of the molecule is CCc1cnc(N2CCN(C(=O)C3CCCCC3(C)N)CC2)s1.Cl.Cl. The van der Waals surface area contributed by atoms with Gasteiger partial charge in [0.05, 0.1) is 5.92 Å². The fraction of sp³-hybridized carbons (Fsp3) is 0.765. The minimum atomic E-state index is -0.336. The van der Waals surface area contributed by atoms with Crippen LogP contribution < -0.4 is 10.6 Å². The molecule has 1 aromatic rings. The Kier molecular flexibility index (Phi) is 8.45. The van der Waals surface area contributed by atoms with Gasteiger partial charge in [-0.25, -0.2) is 4.98 Å². The van der Waals surface area contributed by atoms with Crippen LogP contribution in [-0.4, -0.2) is 47.5 Å². The van der Waals surface area contributed by atoms with Crippen LogP contribution >= 0.6 is 36.2 Å². The van der Waals surface area contributed by atoms with E-state index in [-0.39, 0.29) is 42.2 Å². The van der Waals surface area contributed by atoms with E-state index in [2.05, 4.69) is 16.8 Å². The molecule has 1 aliphatic heterocycles. The Bertz CT molecular complexity index is 559. The zero-order chi connectivity index (χ0) is 16.4. The summed E-state index contributed by atoms with van der Waals surface area (Å²) in [5.41, 5.74) is 6.06. The van der Waals surface area contributed by atoms with Crippen molar-refractivity contribution < 1.29 is 4.79 Å². The highest BCUT2D eigenvalue weighted by Crippen LogP contribution is 2.33. The van der Waals surface area contributed by atoms with Crippen molar-refractivity contribution in [2.75, 3.05) is 31.1 Å². The first kappa shape index (κ1) is 22.5. The summed E-state index contributed by atoms with van der Waals surface area (Å²) in [4.78, 5) is 23.0. The Morgan fingerprint density at radius 3 is 2.56 bits per heavy atom. The summed E-state index contributed by atoms with van der Waals surface area (Å²) in [5.74, 6) is 0.261. The lowest BCUT2D eigenvalue weighted by Gasteiger charge is -2.42. The molecule has 0 radical (unpaired) electrons. The average Bonchev–Trinajstić information content (AvgIpc) is 3.03. The van der Waals surface area contributed by atoms with E-state index < -0.39 is 0 Å². The lowest BCUT2D eigenvalue weighted by atomic mass is 9.74. The number of aryl methyl sites for hydroxylation is 1. The first-order valence-electron chi connectivity index (χ1n) is 8.78. The van der Waals surface area contributed by atoms with Gasteiger partial charge in [0, 0.05) is 42.8 Å². The maximum Gasteiger partial charge on any atom is 0.227 e. The topological polar surface area (TPSA) is 62.5 Å². The van der Waals surface area contributed by atoms with Crippen LogP contribution in [0.2, 0.25) is 0 Å². The zero-order valence-corrected chi connectivity index (χ0v) is 17.5. The molecule has 2 aliphatic rings. The van der Waals surface area contributed by atoms with Gasteiger partial charge in [0.15, 0.2) is 5.13 Å². The van der Waals surface area contributed by atoms with Crippen molar-refractivity contribution in [3.8, 4) is 0 Å². The number of aromatic nitrogens is 1. The van der Waals surface area contributed by atoms with Crippen LogP contribution in [0.25, 0.3) is 0 Å². The summed E-state index contributed by atoms with van der Waals surface area (Å²) in [6.45, 7) is 7.51. The number of carbonyl (C=O) groups excluding carboxylic acids is 1. The number of halogens is 2. The van der Waals surface area contributed by atoms with Gasteiger partial charge >= 0.3 is 0 Å². The number of hydrogen-bond acceptors (Lipinski definition) is 5. The van der Waals surface area contributed by atoms with Crippen molar-refractivity contribution in [1.82, 2.24) is 9.88 Å². The van der Waals surface area contributed by atoms with Gasteiger partial charge in [0.1, 0.15) is 0 Å². The molecule has 144 valence electrons. The van der Waals surface area contributed by atoms with Crippen molar-refractivity contribution in [1.29, 1.82) is 0 Å². The number of hydrogen-bond donors (Lipinski definition) is 1. The second-order valence-electron chi connectivity index (χ2n) is 7.08. The minimum absolute atomic E-state index is 0. The van der Waals surface area contributed by atoms with E-state index in [1.54, 1.807) is 11.3 Å². The molecule has 0 spiro atoms. The fourth-order valence-corrected chi connectivity index (χ4v) is 4.61. The third-order valence-electron chi connectivity index (χ3n) is 5.30. The Morgan fingerprint density at radius 1 is 1.32 bits per heavy atom. The lowest BCUT2D eigenvalue weighted by Crippen LogP contribution is -2.57. The summed E-state index contributed by atoms with van der Waals surface area (Å²) in [6, 6.07) is 0. The van der Waals surface area contributed by atoms with Crippen LogP contribution in [0.15, 0.2) is 6.20 Å². The van der Waals surface area contributed by atoms with Gasteiger partial charge in [-0.15, -0.1) is 36.2 Å². The quantitative estimate of drug-likeness (QED) is 0.834. The Balaban J connectivity index is 0.00000156. The van der Waals surface area contributed by atoms with Crippen LogP contribution in [-0.2, 0) is 11.2 Å². The van der Waals surface area contributed by atoms with Gasteiger partial charge in [-0.1, -0.05) is 19.8 Å². The van der Waals surface area contributed by atoms with Crippen molar-refractivity contribution in [2.24, 2.45) is 11.7 Å². The third-order valence-corrected chi connectivity index (χ3v) is 6.51. The van der Waals surface area contributed by atoms with Gasteiger partial charge in [-0.05, 0) is 26.2 Å². The van der Waals surface area contributed by atoms with Crippen LogP contribution in [0, 0.1) is 5.92 Å². The summed E-state index contributed by atoms with van der Waals surface area (Å²) in [5, 5.41) is 1.09. The minimum Gasteiger partial charge on any atom is -0.345 e. The summed E-state index contributed by atoms with van der Waals surface area (Å²) < 4.78 is 0. The second-order valence-corrected chi connectivity index (χ2v) is 8.17. The van der Waals surface area contributed by atoms with Crippen LogP contribution in [0.4, 0.5) is 5.13 Å². The lowest BCUT2D eigenvalue weighted by molar-refractivity contribution is -0.139. The number of thiazole rings is 1. The van der Waals surface area contributed by atoms with Crippen LogP contribution in [0.3, 0.4) is 0 Å². The number of anilines is 1. The van der Waals surface area contributed by atoms with Crippen LogP contribution in [0.5, 0.6) is 0 Å². The third kappa shape index (κ3) is 5.00. The summed E-state index contributed by atoms with van der Waals surface area (Å²) in [7, 11) is 0. The van der Waals surface area contributed by atoms with E-state index >= 15 is 0 Å². The molecule has 25 heavy (non-hydrogen) atoms. The van der Waals surface area contributed by atoms with Gasteiger partial charge in [-0.3, -0.25) is 4.79 Å². The molecule has 1 saturated heterocycles. The van der Waals surface area contributed by atoms with Gasteiger partial charge < -0.3 is 15.5 Å². The molecule has 2 atom stereocenters. The number of amides is 1. The highest BCUT2D eigenvalue weighted by atomic mass is 35.5. The standard InChI is InChI=1S/C17H28N4OS.2ClH/c1-3-13-12-19-16(23-13)21-10-8-20(9-11-21)15(22)14-6-4-5-7-17(14,2)18;;/h12,14H,3-11,18H2,1-2H3;2*1H. The average molecular weight is 409 g/mol. The van der Waals surface area contributed by atoms with Crippen molar-refractivity contribution in [2.45, 2.75) is 51.5 Å². The first-order chi connectivity index (χ1) is 11.0. The number of rotatable bonds is 3. The van der Waals surface area contributed by atoms with E-state index in [1.165, 1.54) is 4.88 Å². The van der Waals surface area contributed by atoms with E-state index in [4.69, 9.17) is 5.73 Å². The largest absolute Gasteiger partial charge is 0.345 e. The number of carbonyl (C=O) groups is 1. The molecule has 2 N–H and O–H groups in total. The summed E-state index contributed by atoms with van der Waals surface area (Å²) in [6.07, 6.45) is 7.18. The molecule has 2 fully saturated rings. The second kappa shape index (κ2) is 9.40. The predicted octanol–water partition coefficient (Wildman–Crippen LogP) is 3.11.